The number of nitrogens with one attached hydrogen (secondary N) is 1. The van der Waals surface area contributed by atoms with Crippen LogP contribution in [0.15, 0.2) is 24.3 Å². The van der Waals surface area contributed by atoms with Crippen molar-refractivity contribution >= 4 is 11.9 Å². The summed E-state index contributed by atoms with van der Waals surface area (Å²) in [6, 6.07) is 5.96. The predicted molar refractivity (Wildman–Crippen MR) is 76.6 cm³/mol. The zero-order chi connectivity index (χ0) is 15.8. The van der Waals surface area contributed by atoms with Gasteiger partial charge in [-0.25, -0.2) is 14.6 Å². The maximum Gasteiger partial charge on any atom is 0.354 e. The lowest BCUT2D eigenvalue weighted by Gasteiger charge is -2.13. The van der Waals surface area contributed by atoms with Crippen molar-refractivity contribution < 1.29 is 19.8 Å². The number of carbonyl (C=O) groups is 2. The van der Waals surface area contributed by atoms with Crippen molar-refractivity contribution in [2.45, 2.75) is 26.2 Å². The number of aromatic nitrogens is 2. The van der Waals surface area contributed by atoms with E-state index in [1.165, 1.54) is 12.1 Å². The van der Waals surface area contributed by atoms with Gasteiger partial charge in [-0.1, -0.05) is 32.9 Å². The minimum Gasteiger partial charge on any atom is -0.478 e. The molecule has 0 aliphatic carbocycles. The van der Waals surface area contributed by atoms with Gasteiger partial charge in [-0.3, -0.25) is 0 Å². The summed E-state index contributed by atoms with van der Waals surface area (Å²) in [7, 11) is 0. The van der Waals surface area contributed by atoms with Gasteiger partial charge in [0.25, 0.3) is 0 Å². The molecule has 3 N–H and O–H groups in total. The molecule has 0 aliphatic heterocycles. The first-order valence-electron chi connectivity index (χ1n) is 6.37. The number of benzene rings is 1. The van der Waals surface area contributed by atoms with E-state index in [0.29, 0.717) is 17.1 Å². The van der Waals surface area contributed by atoms with Crippen LogP contribution in [0.2, 0.25) is 0 Å². The van der Waals surface area contributed by atoms with E-state index in [1.807, 2.05) is 20.8 Å². The Hall–Kier alpha value is -2.63. The summed E-state index contributed by atoms with van der Waals surface area (Å²) in [5, 5.41) is 18.2. The SMILES string of the molecule is CC(C)(C)c1nc(-c2ccc(C(=O)O)cc2)c(C(=O)O)[nH]1. The Balaban J connectivity index is 2.54. The second-order valence-corrected chi connectivity index (χ2v) is 5.75. The molecule has 2 rings (SSSR count). The van der Waals surface area contributed by atoms with Crippen molar-refractivity contribution in [2.75, 3.05) is 0 Å². The molecule has 110 valence electrons. The average Bonchev–Trinajstić information content (AvgIpc) is 2.83. The highest BCUT2D eigenvalue weighted by molar-refractivity contribution is 5.94. The fraction of sp³-hybridized carbons (Fsp3) is 0.267. The highest BCUT2D eigenvalue weighted by atomic mass is 16.4. The molecular formula is C15H16N2O4. The molecule has 2 aromatic rings. The second-order valence-electron chi connectivity index (χ2n) is 5.75. The first-order valence-corrected chi connectivity index (χ1v) is 6.37. The van der Waals surface area contributed by atoms with Crippen molar-refractivity contribution in [3.8, 4) is 11.3 Å². The summed E-state index contributed by atoms with van der Waals surface area (Å²) in [5.41, 5.74) is 0.697. The van der Waals surface area contributed by atoms with E-state index in [9.17, 15) is 14.7 Å². The maximum atomic E-state index is 11.3. The van der Waals surface area contributed by atoms with E-state index in [0.717, 1.165) is 0 Å². The monoisotopic (exact) mass is 288 g/mol. The molecular weight excluding hydrogens is 272 g/mol. The van der Waals surface area contributed by atoms with E-state index in [-0.39, 0.29) is 16.7 Å². The molecule has 1 aromatic carbocycles. The molecule has 0 saturated heterocycles. The lowest BCUT2D eigenvalue weighted by molar-refractivity contribution is 0.0683. The third-order valence-electron chi connectivity index (χ3n) is 3.03. The van der Waals surface area contributed by atoms with E-state index >= 15 is 0 Å². The molecule has 0 bridgehead atoms. The van der Waals surface area contributed by atoms with Gasteiger partial charge >= 0.3 is 11.9 Å². The smallest absolute Gasteiger partial charge is 0.354 e. The van der Waals surface area contributed by atoms with Crippen LogP contribution >= 0.6 is 0 Å². The maximum absolute atomic E-state index is 11.3. The molecule has 0 spiro atoms. The Morgan fingerprint density at radius 1 is 1.05 bits per heavy atom. The molecule has 0 radical (unpaired) electrons. The number of aromatic carboxylic acids is 2. The van der Waals surface area contributed by atoms with Crippen LogP contribution < -0.4 is 0 Å². The van der Waals surface area contributed by atoms with Crippen molar-refractivity contribution in [1.82, 2.24) is 9.97 Å². The normalized spacial score (nSPS) is 11.4. The first-order chi connectivity index (χ1) is 9.70. The predicted octanol–water partition coefficient (Wildman–Crippen LogP) is 2.77. The molecule has 0 unspecified atom stereocenters. The molecule has 0 amide bonds. The van der Waals surface area contributed by atoms with Gasteiger partial charge in [-0.2, -0.15) is 0 Å². The van der Waals surface area contributed by atoms with Crippen LogP contribution in [0.3, 0.4) is 0 Å². The summed E-state index contributed by atoms with van der Waals surface area (Å²) in [6.07, 6.45) is 0. The summed E-state index contributed by atoms with van der Waals surface area (Å²) < 4.78 is 0. The number of aromatic amines is 1. The van der Waals surface area contributed by atoms with E-state index in [2.05, 4.69) is 9.97 Å². The number of hydrogen-bond donors (Lipinski definition) is 3. The van der Waals surface area contributed by atoms with Crippen LogP contribution in [0.1, 0.15) is 47.4 Å². The van der Waals surface area contributed by atoms with E-state index < -0.39 is 11.9 Å². The second kappa shape index (κ2) is 5.05. The topological polar surface area (TPSA) is 103 Å². The lowest BCUT2D eigenvalue weighted by Crippen LogP contribution is -2.13. The zero-order valence-corrected chi connectivity index (χ0v) is 12.0. The molecule has 0 saturated carbocycles. The van der Waals surface area contributed by atoms with Crippen molar-refractivity contribution in [3.05, 3.63) is 41.3 Å². The minimum atomic E-state index is -1.10. The number of rotatable bonds is 3. The van der Waals surface area contributed by atoms with Gasteiger partial charge in [0.2, 0.25) is 0 Å². The van der Waals surface area contributed by atoms with Crippen molar-refractivity contribution in [3.63, 3.8) is 0 Å². The Kier molecular flexibility index (Phi) is 3.55. The highest BCUT2D eigenvalue weighted by Crippen LogP contribution is 2.27. The third kappa shape index (κ3) is 2.94. The fourth-order valence-electron chi connectivity index (χ4n) is 1.86. The van der Waals surface area contributed by atoms with Gasteiger partial charge in [0.05, 0.1) is 5.56 Å². The number of H-pyrrole nitrogens is 1. The summed E-state index contributed by atoms with van der Waals surface area (Å²) >= 11 is 0. The number of imidazole rings is 1. The van der Waals surface area contributed by atoms with Gasteiger partial charge in [0.15, 0.2) is 5.69 Å². The third-order valence-corrected chi connectivity index (χ3v) is 3.03. The summed E-state index contributed by atoms with van der Waals surface area (Å²) in [4.78, 5) is 29.4. The molecule has 1 heterocycles. The summed E-state index contributed by atoms with van der Waals surface area (Å²) in [6.45, 7) is 5.78. The lowest BCUT2D eigenvalue weighted by atomic mass is 9.96. The fourth-order valence-corrected chi connectivity index (χ4v) is 1.86. The van der Waals surface area contributed by atoms with Crippen molar-refractivity contribution in [1.29, 1.82) is 0 Å². The Morgan fingerprint density at radius 2 is 1.62 bits per heavy atom. The highest BCUT2D eigenvalue weighted by Gasteiger charge is 2.24. The molecule has 21 heavy (non-hydrogen) atoms. The largest absolute Gasteiger partial charge is 0.478 e. The van der Waals surface area contributed by atoms with Crippen LogP contribution in [0.4, 0.5) is 0 Å². The molecule has 6 heteroatoms. The quantitative estimate of drug-likeness (QED) is 0.805. The Bertz CT molecular complexity index is 693. The molecule has 0 aliphatic rings. The number of carboxylic acid groups (broad SMARTS) is 2. The number of carboxylic acids is 2. The van der Waals surface area contributed by atoms with Crippen LogP contribution in [0.25, 0.3) is 11.3 Å². The van der Waals surface area contributed by atoms with Gasteiger partial charge < -0.3 is 15.2 Å². The average molecular weight is 288 g/mol. The van der Waals surface area contributed by atoms with Gasteiger partial charge in [-0.15, -0.1) is 0 Å². The Morgan fingerprint density at radius 3 is 2.05 bits per heavy atom. The first kappa shape index (κ1) is 14.8. The van der Waals surface area contributed by atoms with Crippen LogP contribution in [0.5, 0.6) is 0 Å². The Labute approximate surface area is 121 Å². The molecule has 6 nitrogen and oxygen atoms in total. The van der Waals surface area contributed by atoms with E-state index in [1.54, 1.807) is 12.1 Å². The van der Waals surface area contributed by atoms with E-state index in [4.69, 9.17) is 5.11 Å². The van der Waals surface area contributed by atoms with Gasteiger partial charge in [0.1, 0.15) is 11.5 Å². The van der Waals surface area contributed by atoms with Crippen LogP contribution in [-0.4, -0.2) is 32.1 Å². The molecule has 0 fully saturated rings. The zero-order valence-electron chi connectivity index (χ0n) is 12.0. The minimum absolute atomic E-state index is 0.00278. The van der Waals surface area contributed by atoms with Crippen LogP contribution in [-0.2, 0) is 5.41 Å². The van der Waals surface area contributed by atoms with Crippen LogP contribution in [0, 0.1) is 0 Å². The standard InChI is InChI=1S/C15H16N2O4/c1-15(2,3)14-16-10(11(17-14)13(20)21)8-4-6-9(7-5-8)12(18)19/h4-7H,1-3H3,(H,16,17)(H,18,19)(H,20,21). The van der Waals surface area contributed by atoms with Crippen molar-refractivity contribution in [2.24, 2.45) is 0 Å². The van der Waals surface area contributed by atoms with Gasteiger partial charge in [-0.05, 0) is 12.1 Å². The number of nitrogens with zero attached hydrogens (tertiary/aromatic N) is 1. The van der Waals surface area contributed by atoms with Gasteiger partial charge in [0, 0.05) is 11.0 Å². The molecule has 0 atom stereocenters. The number of hydrogen-bond acceptors (Lipinski definition) is 3. The molecule has 1 aromatic heterocycles. The summed E-state index contributed by atoms with van der Waals surface area (Å²) in [5.74, 6) is -1.56.